The molecule has 0 aliphatic carbocycles. The third-order valence-corrected chi connectivity index (χ3v) is 4.52. The van der Waals surface area contributed by atoms with Gasteiger partial charge in [0.05, 0.1) is 17.7 Å². The van der Waals surface area contributed by atoms with E-state index in [0.29, 0.717) is 27.5 Å². The second-order valence-electron chi connectivity index (χ2n) is 6.47. The van der Waals surface area contributed by atoms with E-state index in [1.807, 2.05) is 0 Å². The third-order valence-electron chi connectivity index (χ3n) is 4.27. The Kier molecular flexibility index (Phi) is 4.42. The van der Waals surface area contributed by atoms with Gasteiger partial charge < -0.3 is 15.2 Å². The molecular formula is C19H17ClN2O3. The van der Waals surface area contributed by atoms with Gasteiger partial charge in [0.1, 0.15) is 17.5 Å². The van der Waals surface area contributed by atoms with E-state index >= 15 is 0 Å². The van der Waals surface area contributed by atoms with Crippen molar-refractivity contribution in [2.75, 3.05) is 0 Å². The molecule has 0 fully saturated rings. The Morgan fingerprint density at radius 1 is 1.28 bits per heavy atom. The van der Waals surface area contributed by atoms with Gasteiger partial charge in [0.2, 0.25) is 0 Å². The molecule has 0 bridgehead atoms. The first kappa shape index (κ1) is 17.3. The zero-order valence-electron chi connectivity index (χ0n) is 13.8. The average Bonchev–Trinajstić information content (AvgIpc) is 2.59. The van der Waals surface area contributed by atoms with E-state index in [2.05, 4.69) is 11.4 Å². The fourth-order valence-electron chi connectivity index (χ4n) is 2.85. The number of nitrogens with zero attached hydrogens (tertiary/aromatic N) is 1. The Bertz CT molecular complexity index is 856. The van der Waals surface area contributed by atoms with Crippen LogP contribution in [-0.4, -0.2) is 22.7 Å². The van der Waals surface area contributed by atoms with Crippen molar-refractivity contribution >= 4 is 17.5 Å². The standard InChI is InChI=1S/C19H17ClN2O3/c1-19(2)17(23)16(14-9-11(10-21)3-8-15(14)25-19)22-18(24)12-4-6-13(20)7-5-12/h3-9,16-17,23H,1-2H3,(H,22,24)/t16-,17+/m0/s1. The number of aliphatic hydroxyl groups is 1. The lowest BCUT2D eigenvalue weighted by molar-refractivity contribution is -0.0627. The summed E-state index contributed by atoms with van der Waals surface area (Å²) in [7, 11) is 0. The van der Waals surface area contributed by atoms with Gasteiger partial charge in [-0.05, 0) is 56.3 Å². The summed E-state index contributed by atoms with van der Waals surface area (Å²) in [5.74, 6) is 0.197. The van der Waals surface area contributed by atoms with Gasteiger partial charge in [-0.3, -0.25) is 4.79 Å². The maximum atomic E-state index is 12.6. The van der Waals surface area contributed by atoms with E-state index in [4.69, 9.17) is 21.6 Å². The van der Waals surface area contributed by atoms with Crippen LogP contribution in [0.5, 0.6) is 5.75 Å². The molecule has 1 amide bonds. The zero-order valence-corrected chi connectivity index (χ0v) is 14.5. The number of rotatable bonds is 2. The van der Waals surface area contributed by atoms with Crippen LogP contribution in [-0.2, 0) is 0 Å². The lowest BCUT2D eigenvalue weighted by Crippen LogP contribution is -2.53. The predicted molar refractivity (Wildman–Crippen MR) is 93.5 cm³/mol. The molecule has 1 heterocycles. The number of aliphatic hydroxyl groups excluding tert-OH is 1. The van der Waals surface area contributed by atoms with Crippen molar-refractivity contribution in [2.45, 2.75) is 31.6 Å². The van der Waals surface area contributed by atoms with E-state index in [1.165, 1.54) is 0 Å². The van der Waals surface area contributed by atoms with Crippen LogP contribution in [0.15, 0.2) is 42.5 Å². The summed E-state index contributed by atoms with van der Waals surface area (Å²) in [6.07, 6.45) is -0.981. The highest BCUT2D eigenvalue weighted by atomic mass is 35.5. The highest BCUT2D eigenvalue weighted by Crippen LogP contribution is 2.40. The maximum Gasteiger partial charge on any atom is 0.251 e. The molecule has 0 radical (unpaired) electrons. The average molecular weight is 357 g/mol. The summed E-state index contributed by atoms with van der Waals surface area (Å²) < 4.78 is 5.84. The number of halogens is 1. The highest BCUT2D eigenvalue weighted by molar-refractivity contribution is 6.30. The van der Waals surface area contributed by atoms with Crippen molar-refractivity contribution in [1.29, 1.82) is 5.26 Å². The number of amides is 1. The van der Waals surface area contributed by atoms with Crippen LogP contribution >= 0.6 is 11.6 Å². The summed E-state index contributed by atoms with van der Waals surface area (Å²) in [4.78, 5) is 12.6. The van der Waals surface area contributed by atoms with Crippen LogP contribution in [0.3, 0.4) is 0 Å². The molecule has 0 saturated carbocycles. The molecule has 2 aromatic carbocycles. The fraction of sp³-hybridized carbons (Fsp3) is 0.263. The number of carbonyl (C=O) groups is 1. The summed E-state index contributed by atoms with van der Waals surface area (Å²) >= 11 is 5.85. The molecule has 1 aliphatic rings. The topological polar surface area (TPSA) is 82.3 Å². The van der Waals surface area contributed by atoms with Gasteiger partial charge in [-0.1, -0.05) is 11.6 Å². The first-order chi connectivity index (χ1) is 11.8. The predicted octanol–water partition coefficient (Wildman–Crippen LogP) is 3.21. The quantitative estimate of drug-likeness (QED) is 0.865. The summed E-state index contributed by atoms with van der Waals surface area (Å²) in [6.45, 7) is 3.50. The van der Waals surface area contributed by atoms with Crippen molar-refractivity contribution in [3.63, 3.8) is 0 Å². The SMILES string of the molecule is CC1(C)Oc2ccc(C#N)cc2[C@H](NC(=O)c2ccc(Cl)cc2)[C@H]1O. The number of hydrogen-bond donors (Lipinski definition) is 2. The number of benzene rings is 2. The molecule has 6 heteroatoms. The third kappa shape index (κ3) is 3.32. The second-order valence-corrected chi connectivity index (χ2v) is 6.91. The molecule has 0 unspecified atom stereocenters. The first-order valence-corrected chi connectivity index (χ1v) is 8.17. The molecule has 25 heavy (non-hydrogen) atoms. The van der Waals surface area contributed by atoms with Crippen LogP contribution in [0.25, 0.3) is 0 Å². The van der Waals surface area contributed by atoms with Gasteiger partial charge in [0, 0.05) is 16.1 Å². The van der Waals surface area contributed by atoms with Crippen LogP contribution in [0.4, 0.5) is 0 Å². The Morgan fingerprint density at radius 3 is 2.60 bits per heavy atom. The molecule has 2 atom stereocenters. The van der Waals surface area contributed by atoms with Gasteiger partial charge in [0.15, 0.2) is 0 Å². The second kappa shape index (κ2) is 6.40. The summed E-state index contributed by atoms with van der Waals surface area (Å²) in [6, 6.07) is 12.8. The molecule has 1 aliphatic heterocycles. The first-order valence-electron chi connectivity index (χ1n) is 7.79. The fourth-order valence-corrected chi connectivity index (χ4v) is 2.98. The van der Waals surface area contributed by atoms with Crippen molar-refractivity contribution in [3.05, 3.63) is 64.2 Å². The number of fused-ring (bicyclic) bond motifs is 1. The van der Waals surface area contributed by atoms with Crippen molar-refractivity contribution in [2.24, 2.45) is 0 Å². The minimum absolute atomic E-state index is 0.341. The Labute approximate surface area is 150 Å². The molecule has 0 saturated heterocycles. The van der Waals surface area contributed by atoms with E-state index < -0.39 is 17.7 Å². The molecule has 2 aromatic rings. The van der Waals surface area contributed by atoms with Crippen molar-refractivity contribution in [3.8, 4) is 11.8 Å². The van der Waals surface area contributed by atoms with Crippen LogP contribution in [0.2, 0.25) is 5.02 Å². The number of hydrogen-bond acceptors (Lipinski definition) is 4. The van der Waals surface area contributed by atoms with E-state index in [1.54, 1.807) is 56.3 Å². The van der Waals surface area contributed by atoms with Gasteiger partial charge in [-0.2, -0.15) is 5.26 Å². The minimum atomic E-state index is -0.981. The molecule has 0 aromatic heterocycles. The Hall–Kier alpha value is -2.55. The molecule has 0 spiro atoms. The molecule has 3 rings (SSSR count). The van der Waals surface area contributed by atoms with Crippen LogP contribution < -0.4 is 10.1 Å². The normalized spacial score (nSPS) is 20.8. The van der Waals surface area contributed by atoms with Gasteiger partial charge in [-0.15, -0.1) is 0 Å². The van der Waals surface area contributed by atoms with Gasteiger partial charge >= 0.3 is 0 Å². The Morgan fingerprint density at radius 2 is 1.96 bits per heavy atom. The molecule has 5 nitrogen and oxygen atoms in total. The van der Waals surface area contributed by atoms with E-state index in [-0.39, 0.29) is 5.91 Å². The minimum Gasteiger partial charge on any atom is -0.485 e. The zero-order chi connectivity index (χ0) is 18.2. The Balaban J connectivity index is 1.97. The summed E-state index contributed by atoms with van der Waals surface area (Å²) in [5, 5.41) is 23.2. The molecule has 2 N–H and O–H groups in total. The number of nitriles is 1. The van der Waals surface area contributed by atoms with Gasteiger partial charge in [0.25, 0.3) is 5.91 Å². The molecular weight excluding hydrogens is 340 g/mol. The lowest BCUT2D eigenvalue weighted by atomic mass is 9.85. The van der Waals surface area contributed by atoms with Crippen molar-refractivity contribution in [1.82, 2.24) is 5.32 Å². The van der Waals surface area contributed by atoms with Crippen LogP contribution in [0, 0.1) is 11.3 Å². The summed E-state index contributed by atoms with van der Waals surface area (Å²) in [5.41, 5.74) is 0.547. The van der Waals surface area contributed by atoms with E-state index in [0.717, 1.165) is 0 Å². The van der Waals surface area contributed by atoms with Crippen molar-refractivity contribution < 1.29 is 14.6 Å². The maximum absolute atomic E-state index is 12.6. The monoisotopic (exact) mass is 356 g/mol. The lowest BCUT2D eigenvalue weighted by Gasteiger charge is -2.42. The van der Waals surface area contributed by atoms with E-state index in [9.17, 15) is 9.90 Å². The largest absolute Gasteiger partial charge is 0.485 e. The molecule has 128 valence electrons. The number of nitrogens with one attached hydrogen (secondary N) is 1. The number of carbonyl (C=O) groups excluding carboxylic acids is 1. The van der Waals surface area contributed by atoms with Gasteiger partial charge in [-0.25, -0.2) is 0 Å². The highest BCUT2D eigenvalue weighted by Gasteiger charge is 2.43. The number of ether oxygens (including phenoxy) is 1. The van der Waals surface area contributed by atoms with Crippen LogP contribution in [0.1, 0.15) is 41.4 Å². The smallest absolute Gasteiger partial charge is 0.251 e.